The number of rotatable bonds is 6. The van der Waals surface area contributed by atoms with E-state index in [1.807, 2.05) is 0 Å². The first-order chi connectivity index (χ1) is 15.1. The van der Waals surface area contributed by atoms with E-state index in [0.29, 0.717) is 17.2 Å². The number of nitrogens with two attached hydrogens (primary N) is 1. The number of para-hydroxylation sites is 1. The fourth-order valence-electron chi connectivity index (χ4n) is 2.96. The summed E-state index contributed by atoms with van der Waals surface area (Å²) >= 11 is 0. The van der Waals surface area contributed by atoms with Crippen LogP contribution in [0.15, 0.2) is 76.5 Å². The lowest BCUT2D eigenvalue weighted by Gasteiger charge is -2.13. The third-order valence-electron chi connectivity index (χ3n) is 4.49. The Morgan fingerprint density at radius 1 is 0.844 bits per heavy atom. The van der Waals surface area contributed by atoms with Crippen LogP contribution in [0.4, 0.5) is 11.4 Å². The number of benzene rings is 3. The molecule has 0 unspecified atom stereocenters. The molecule has 3 aromatic rings. The molecule has 166 valence electrons. The predicted molar refractivity (Wildman–Crippen MR) is 116 cm³/mol. The van der Waals surface area contributed by atoms with Gasteiger partial charge in [-0.2, -0.15) is 0 Å². The van der Waals surface area contributed by atoms with Gasteiger partial charge in [0.15, 0.2) is 11.5 Å². The number of anilines is 2. The monoisotopic (exact) mass is 475 g/mol. The third kappa shape index (κ3) is 4.51. The topological polar surface area (TPSA) is 154 Å². The minimum Gasteiger partial charge on any atom is -0.454 e. The van der Waals surface area contributed by atoms with Crippen molar-refractivity contribution in [1.82, 2.24) is 0 Å². The molecule has 0 saturated heterocycles. The minimum atomic E-state index is -4.22. The Bertz CT molecular complexity index is 1420. The van der Waals surface area contributed by atoms with Gasteiger partial charge < -0.3 is 14.8 Å². The number of amides is 1. The van der Waals surface area contributed by atoms with Gasteiger partial charge in [-0.05, 0) is 42.5 Å². The fourth-order valence-corrected chi connectivity index (χ4v) is 4.72. The van der Waals surface area contributed by atoms with E-state index in [2.05, 4.69) is 10.0 Å². The van der Waals surface area contributed by atoms with Gasteiger partial charge in [-0.1, -0.05) is 18.2 Å². The van der Waals surface area contributed by atoms with Crippen molar-refractivity contribution >= 4 is 37.3 Å². The molecule has 0 fully saturated rings. The smallest absolute Gasteiger partial charge is 0.261 e. The zero-order valence-electron chi connectivity index (χ0n) is 16.3. The van der Waals surface area contributed by atoms with Crippen LogP contribution in [0.2, 0.25) is 0 Å². The Kier molecular flexibility index (Phi) is 5.50. The molecule has 12 heteroatoms. The van der Waals surface area contributed by atoms with Crippen LogP contribution >= 0.6 is 0 Å². The summed E-state index contributed by atoms with van der Waals surface area (Å²) in [4.78, 5) is 12.2. The maximum atomic E-state index is 12.8. The van der Waals surface area contributed by atoms with Crippen LogP contribution in [0, 0.1) is 0 Å². The second-order valence-corrected chi connectivity index (χ2v) is 9.94. The second kappa shape index (κ2) is 8.15. The van der Waals surface area contributed by atoms with E-state index in [0.717, 1.165) is 6.07 Å². The third-order valence-corrected chi connectivity index (χ3v) is 6.76. The lowest BCUT2D eigenvalue weighted by Crippen LogP contribution is -2.19. The molecule has 3 aromatic carbocycles. The van der Waals surface area contributed by atoms with Crippen LogP contribution in [-0.2, 0) is 20.0 Å². The molecule has 0 aromatic heterocycles. The SMILES string of the molecule is NS(=O)(=O)c1cccc(S(=O)(=O)Nc2ccccc2C(=O)Nc2ccc3c(c2)OCO3)c1. The Labute approximate surface area is 184 Å². The first-order valence-electron chi connectivity index (χ1n) is 9.09. The predicted octanol–water partition coefficient (Wildman–Crippen LogP) is 2.12. The minimum absolute atomic E-state index is 0.00625. The van der Waals surface area contributed by atoms with Crippen molar-refractivity contribution in [3.63, 3.8) is 0 Å². The lowest BCUT2D eigenvalue weighted by molar-refractivity contribution is 0.102. The number of carbonyl (C=O) groups excluding carboxylic acids is 1. The maximum Gasteiger partial charge on any atom is 0.261 e. The summed E-state index contributed by atoms with van der Waals surface area (Å²) in [7, 11) is -8.31. The molecule has 1 aliphatic rings. The highest BCUT2D eigenvalue weighted by Gasteiger charge is 2.21. The lowest BCUT2D eigenvalue weighted by atomic mass is 10.1. The zero-order valence-corrected chi connectivity index (χ0v) is 17.9. The average Bonchev–Trinajstić information content (AvgIpc) is 3.21. The fraction of sp³-hybridized carbons (Fsp3) is 0.0500. The van der Waals surface area contributed by atoms with E-state index < -0.39 is 26.0 Å². The molecular formula is C20H17N3O7S2. The number of primary sulfonamides is 1. The van der Waals surface area contributed by atoms with E-state index in [-0.39, 0.29) is 27.8 Å². The van der Waals surface area contributed by atoms with E-state index in [4.69, 9.17) is 14.6 Å². The van der Waals surface area contributed by atoms with Crippen molar-refractivity contribution in [1.29, 1.82) is 0 Å². The first kappa shape index (κ1) is 21.6. The van der Waals surface area contributed by atoms with Crippen molar-refractivity contribution in [2.45, 2.75) is 9.79 Å². The van der Waals surface area contributed by atoms with Crippen molar-refractivity contribution in [2.75, 3.05) is 16.8 Å². The van der Waals surface area contributed by atoms with Gasteiger partial charge in [0.1, 0.15) is 0 Å². The van der Waals surface area contributed by atoms with E-state index in [9.17, 15) is 21.6 Å². The molecule has 4 rings (SSSR count). The zero-order chi connectivity index (χ0) is 22.9. The number of fused-ring (bicyclic) bond motifs is 1. The maximum absolute atomic E-state index is 12.8. The Morgan fingerprint density at radius 3 is 2.34 bits per heavy atom. The molecule has 0 radical (unpaired) electrons. The molecule has 0 atom stereocenters. The van der Waals surface area contributed by atoms with Crippen LogP contribution in [-0.4, -0.2) is 29.5 Å². The molecular weight excluding hydrogens is 458 g/mol. The summed E-state index contributed by atoms with van der Waals surface area (Å²) in [6.07, 6.45) is 0. The molecule has 1 amide bonds. The molecule has 0 saturated carbocycles. The number of hydrogen-bond acceptors (Lipinski definition) is 7. The second-order valence-electron chi connectivity index (χ2n) is 6.69. The van der Waals surface area contributed by atoms with Crippen molar-refractivity contribution in [2.24, 2.45) is 5.14 Å². The van der Waals surface area contributed by atoms with Gasteiger partial charge in [-0.3, -0.25) is 9.52 Å². The van der Waals surface area contributed by atoms with Gasteiger partial charge in [-0.25, -0.2) is 22.0 Å². The van der Waals surface area contributed by atoms with Gasteiger partial charge in [-0.15, -0.1) is 0 Å². The summed E-state index contributed by atoms with van der Waals surface area (Å²) in [5.41, 5.74) is 0.487. The molecule has 1 heterocycles. The highest BCUT2D eigenvalue weighted by Crippen LogP contribution is 2.34. The summed E-state index contributed by atoms with van der Waals surface area (Å²) in [6.45, 7) is 0.0873. The van der Waals surface area contributed by atoms with Gasteiger partial charge >= 0.3 is 0 Å². The molecule has 1 aliphatic heterocycles. The van der Waals surface area contributed by atoms with E-state index >= 15 is 0 Å². The first-order valence-corrected chi connectivity index (χ1v) is 12.1. The van der Waals surface area contributed by atoms with Crippen LogP contribution < -0.4 is 24.7 Å². The summed E-state index contributed by atoms with van der Waals surface area (Å²) in [5.74, 6) is 0.463. The van der Waals surface area contributed by atoms with Crippen LogP contribution in [0.3, 0.4) is 0 Å². The van der Waals surface area contributed by atoms with E-state index in [1.165, 1.54) is 30.3 Å². The summed E-state index contributed by atoms with van der Waals surface area (Å²) in [6, 6.07) is 15.4. The number of carbonyl (C=O) groups is 1. The Hall–Kier alpha value is -3.61. The largest absolute Gasteiger partial charge is 0.454 e. The number of ether oxygens (including phenoxy) is 2. The number of hydrogen-bond donors (Lipinski definition) is 3. The standard InChI is InChI=1S/C20H17N3O7S2/c21-31(25,26)14-4-3-5-15(11-14)32(27,28)23-17-7-2-1-6-16(17)20(24)22-13-8-9-18-19(10-13)30-12-29-18/h1-11,23H,12H2,(H,22,24)(H2,21,25,26). The highest BCUT2D eigenvalue weighted by molar-refractivity contribution is 7.93. The van der Waals surface area contributed by atoms with E-state index in [1.54, 1.807) is 30.3 Å². The Balaban J connectivity index is 1.60. The molecule has 10 nitrogen and oxygen atoms in total. The van der Waals surface area contributed by atoms with Gasteiger partial charge in [0.2, 0.25) is 16.8 Å². The van der Waals surface area contributed by atoms with Crippen LogP contribution in [0.1, 0.15) is 10.4 Å². The molecule has 4 N–H and O–H groups in total. The van der Waals surface area contributed by atoms with Gasteiger partial charge in [0.05, 0.1) is 21.0 Å². The van der Waals surface area contributed by atoms with Gasteiger partial charge in [0.25, 0.3) is 15.9 Å². The summed E-state index contributed by atoms with van der Waals surface area (Å²) < 4.78 is 61.6. The molecule has 0 spiro atoms. The molecule has 0 bridgehead atoms. The van der Waals surface area contributed by atoms with Crippen molar-refractivity contribution in [3.8, 4) is 11.5 Å². The van der Waals surface area contributed by atoms with Crippen LogP contribution in [0.25, 0.3) is 0 Å². The van der Waals surface area contributed by atoms with Gasteiger partial charge in [0, 0.05) is 11.8 Å². The number of nitrogens with one attached hydrogen (secondary N) is 2. The molecule has 0 aliphatic carbocycles. The quantitative estimate of drug-likeness (QED) is 0.493. The van der Waals surface area contributed by atoms with Crippen molar-refractivity contribution < 1.29 is 31.1 Å². The van der Waals surface area contributed by atoms with Crippen molar-refractivity contribution in [3.05, 3.63) is 72.3 Å². The average molecular weight is 476 g/mol. The molecule has 32 heavy (non-hydrogen) atoms. The summed E-state index contributed by atoms with van der Waals surface area (Å²) in [5, 5.41) is 7.76. The van der Waals surface area contributed by atoms with Crippen LogP contribution in [0.5, 0.6) is 11.5 Å². The normalized spacial score (nSPS) is 12.9. The Morgan fingerprint density at radius 2 is 1.56 bits per heavy atom. The highest BCUT2D eigenvalue weighted by atomic mass is 32.2. The number of sulfonamides is 2.